The van der Waals surface area contributed by atoms with E-state index in [0.717, 1.165) is 17.5 Å². The van der Waals surface area contributed by atoms with Gasteiger partial charge < -0.3 is 5.32 Å². The molecule has 2 aromatic heterocycles. The number of thiophene rings is 1. The predicted molar refractivity (Wildman–Crippen MR) is 106 cm³/mol. The minimum Gasteiger partial charge on any atom is -0.352 e. The van der Waals surface area contributed by atoms with Crippen LogP contribution in [0.25, 0.3) is 11.1 Å². The number of aryl methyl sites for hydroxylation is 1. The van der Waals surface area contributed by atoms with E-state index in [1.165, 1.54) is 16.0 Å². The van der Waals surface area contributed by atoms with Crippen molar-refractivity contribution < 1.29 is 4.79 Å². The highest BCUT2D eigenvalue weighted by molar-refractivity contribution is 7.98. The maximum atomic E-state index is 12.1. The molecule has 25 heavy (non-hydrogen) atoms. The van der Waals surface area contributed by atoms with Crippen LogP contribution in [0, 0.1) is 0 Å². The highest BCUT2D eigenvalue weighted by Crippen LogP contribution is 2.22. The van der Waals surface area contributed by atoms with Crippen molar-refractivity contribution in [2.75, 3.05) is 6.26 Å². The lowest BCUT2D eigenvalue weighted by Gasteiger charge is -2.07. The van der Waals surface area contributed by atoms with E-state index in [1.807, 2.05) is 6.20 Å². The van der Waals surface area contributed by atoms with Gasteiger partial charge >= 0.3 is 0 Å². The second kappa shape index (κ2) is 8.83. The van der Waals surface area contributed by atoms with E-state index in [2.05, 4.69) is 63.7 Å². The third-order valence-corrected chi connectivity index (χ3v) is 5.37. The molecule has 0 aliphatic heterocycles. The largest absolute Gasteiger partial charge is 0.352 e. The summed E-state index contributed by atoms with van der Waals surface area (Å²) in [5, 5.41) is 7.13. The second-order valence-corrected chi connectivity index (χ2v) is 7.38. The number of amides is 1. The lowest BCUT2D eigenvalue weighted by atomic mass is 10.1. The predicted octanol–water partition coefficient (Wildman–Crippen LogP) is 4.78. The van der Waals surface area contributed by atoms with Crippen LogP contribution in [0.3, 0.4) is 0 Å². The zero-order chi connectivity index (χ0) is 17.5. The summed E-state index contributed by atoms with van der Waals surface area (Å²) in [5.74, 6) is 0.0647. The van der Waals surface area contributed by atoms with Gasteiger partial charge in [0.2, 0.25) is 5.91 Å². The van der Waals surface area contributed by atoms with Gasteiger partial charge in [0, 0.05) is 35.8 Å². The number of hydrogen-bond acceptors (Lipinski definition) is 4. The van der Waals surface area contributed by atoms with Crippen LogP contribution in [0.5, 0.6) is 0 Å². The Kier molecular flexibility index (Phi) is 6.25. The Morgan fingerprint density at radius 2 is 1.96 bits per heavy atom. The fourth-order valence-corrected chi connectivity index (χ4v) is 3.58. The van der Waals surface area contributed by atoms with Gasteiger partial charge in [0.1, 0.15) is 0 Å². The van der Waals surface area contributed by atoms with Gasteiger partial charge in [-0.25, -0.2) is 0 Å². The van der Waals surface area contributed by atoms with E-state index >= 15 is 0 Å². The minimum atomic E-state index is 0.0647. The molecular weight excluding hydrogens is 348 g/mol. The first kappa shape index (κ1) is 17.7. The van der Waals surface area contributed by atoms with Gasteiger partial charge in [0.15, 0.2) is 0 Å². The van der Waals surface area contributed by atoms with Crippen LogP contribution < -0.4 is 5.32 Å². The van der Waals surface area contributed by atoms with E-state index in [-0.39, 0.29) is 5.91 Å². The van der Waals surface area contributed by atoms with Crippen LogP contribution >= 0.6 is 23.1 Å². The van der Waals surface area contributed by atoms with Crippen molar-refractivity contribution >= 4 is 29.0 Å². The molecule has 128 valence electrons. The average molecular weight is 369 g/mol. The van der Waals surface area contributed by atoms with Gasteiger partial charge in [0.05, 0.1) is 0 Å². The zero-order valence-electron chi connectivity index (χ0n) is 14.1. The molecule has 5 heteroatoms. The average Bonchev–Trinajstić information content (AvgIpc) is 3.20. The molecule has 1 aromatic carbocycles. The molecule has 0 saturated carbocycles. The standard InChI is InChI=1S/C20H20N2OS2/c1-24-19-5-2-15(3-6-19)4-7-20(23)22-12-16-10-18(13-21-11-16)17-8-9-25-14-17/h2-3,5-6,8-11,13-14H,4,7,12H2,1H3,(H,22,23). The monoisotopic (exact) mass is 368 g/mol. The number of nitrogens with one attached hydrogen (secondary N) is 1. The minimum absolute atomic E-state index is 0.0647. The molecule has 0 bridgehead atoms. The topological polar surface area (TPSA) is 42.0 Å². The Morgan fingerprint density at radius 3 is 2.68 bits per heavy atom. The molecule has 0 unspecified atom stereocenters. The summed E-state index contributed by atoms with van der Waals surface area (Å²) in [6.07, 6.45) is 6.97. The first-order valence-electron chi connectivity index (χ1n) is 8.11. The molecule has 3 aromatic rings. The van der Waals surface area contributed by atoms with Crippen molar-refractivity contribution in [2.45, 2.75) is 24.3 Å². The smallest absolute Gasteiger partial charge is 0.220 e. The number of nitrogens with zero attached hydrogens (tertiary/aromatic N) is 1. The van der Waals surface area contributed by atoms with Crippen molar-refractivity contribution in [1.29, 1.82) is 0 Å². The van der Waals surface area contributed by atoms with Gasteiger partial charge in [-0.05, 0) is 64.4 Å². The van der Waals surface area contributed by atoms with Crippen LogP contribution in [0.15, 0.2) is 64.4 Å². The van der Waals surface area contributed by atoms with Gasteiger partial charge in [-0.3, -0.25) is 9.78 Å². The second-order valence-electron chi connectivity index (χ2n) is 5.72. The summed E-state index contributed by atoms with van der Waals surface area (Å²) in [4.78, 5) is 17.6. The summed E-state index contributed by atoms with van der Waals surface area (Å²) in [6, 6.07) is 12.5. The van der Waals surface area contributed by atoms with Gasteiger partial charge in [-0.15, -0.1) is 11.8 Å². The first-order chi connectivity index (χ1) is 12.2. The Hall–Kier alpha value is -2.11. The molecule has 0 aliphatic rings. The maximum absolute atomic E-state index is 12.1. The van der Waals surface area contributed by atoms with Gasteiger partial charge in [0.25, 0.3) is 0 Å². The number of rotatable bonds is 7. The van der Waals surface area contributed by atoms with Crippen molar-refractivity contribution in [3.63, 3.8) is 0 Å². The summed E-state index contributed by atoms with van der Waals surface area (Å²) < 4.78 is 0. The quantitative estimate of drug-likeness (QED) is 0.610. The Labute approximate surface area is 156 Å². The molecule has 3 nitrogen and oxygen atoms in total. The number of benzene rings is 1. The van der Waals surface area contributed by atoms with Gasteiger partial charge in [-0.2, -0.15) is 11.3 Å². The maximum Gasteiger partial charge on any atom is 0.220 e. The summed E-state index contributed by atoms with van der Waals surface area (Å²) in [7, 11) is 0. The molecule has 1 N–H and O–H groups in total. The fourth-order valence-electron chi connectivity index (χ4n) is 2.51. The van der Waals surface area contributed by atoms with E-state index in [4.69, 9.17) is 0 Å². The first-order valence-corrected chi connectivity index (χ1v) is 10.3. The number of aromatic nitrogens is 1. The third-order valence-electron chi connectivity index (χ3n) is 3.94. The molecule has 2 heterocycles. The summed E-state index contributed by atoms with van der Waals surface area (Å²) >= 11 is 3.39. The molecule has 0 fully saturated rings. The Bertz CT molecular complexity index is 814. The number of thioether (sulfide) groups is 1. The molecular formula is C20H20N2OS2. The SMILES string of the molecule is CSc1ccc(CCC(=O)NCc2cncc(-c3ccsc3)c2)cc1. The molecule has 0 radical (unpaired) electrons. The van der Waals surface area contributed by atoms with Crippen molar-refractivity contribution in [3.05, 3.63) is 70.7 Å². The molecule has 0 aliphatic carbocycles. The van der Waals surface area contributed by atoms with E-state index < -0.39 is 0 Å². The van der Waals surface area contributed by atoms with E-state index in [9.17, 15) is 4.79 Å². The molecule has 0 atom stereocenters. The van der Waals surface area contributed by atoms with E-state index in [0.29, 0.717) is 13.0 Å². The normalized spacial score (nSPS) is 10.6. The molecule has 0 spiro atoms. The molecule has 0 saturated heterocycles. The number of pyridine rings is 1. The van der Waals surface area contributed by atoms with Crippen LogP contribution in [0.4, 0.5) is 0 Å². The van der Waals surface area contributed by atoms with Gasteiger partial charge in [-0.1, -0.05) is 12.1 Å². The lowest BCUT2D eigenvalue weighted by Crippen LogP contribution is -2.23. The molecule has 1 amide bonds. The zero-order valence-corrected chi connectivity index (χ0v) is 15.7. The fraction of sp³-hybridized carbons (Fsp3) is 0.200. The summed E-state index contributed by atoms with van der Waals surface area (Å²) in [6.45, 7) is 0.509. The van der Waals surface area contributed by atoms with Crippen LogP contribution in [-0.4, -0.2) is 17.1 Å². The Morgan fingerprint density at radius 1 is 1.12 bits per heavy atom. The third kappa shape index (κ3) is 5.18. The Balaban J connectivity index is 1.49. The van der Waals surface area contributed by atoms with E-state index in [1.54, 1.807) is 29.3 Å². The molecule has 3 rings (SSSR count). The number of hydrogen-bond donors (Lipinski definition) is 1. The number of carbonyl (C=O) groups excluding carboxylic acids is 1. The van der Waals surface area contributed by atoms with Crippen LogP contribution in [0.1, 0.15) is 17.5 Å². The highest BCUT2D eigenvalue weighted by Gasteiger charge is 2.05. The highest BCUT2D eigenvalue weighted by atomic mass is 32.2. The van der Waals surface area contributed by atoms with Crippen LogP contribution in [-0.2, 0) is 17.8 Å². The van der Waals surface area contributed by atoms with Crippen molar-refractivity contribution in [2.24, 2.45) is 0 Å². The lowest BCUT2D eigenvalue weighted by molar-refractivity contribution is -0.121. The van der Waals surface area contributed by atoms with Crippen LogP contribution in [0.2, 0.25) is 0 Å². The van der Waals surface area contributed by atoms with Crippen molar-refractivity contribution in [3.8, 4) is 11.1 Å². The summed E-state index contributed by atoms with van der Waals surface area (Å²) in [5.41, 5.74) is 4.46. The van der Waals surface area contributed by atoms with Crippen molar-refractivity contribution in [1.82, 2.24) is 10.3 Å². The number of carbonyl (C=O) groups is 1.